The van der Waals surface area contributed by atoms with Crippen LogP contribution in [0.15, 0.2) is 53.2 Å². The highest BCUT2D eigenvalue weighted by Gasteiger charge is 2.15. The maximum atomic E-state index is 8.70. The number of nitrogens with zero attached hydrogens (tertiary/aromatic N) is 5. The molecule has 25 heavy (non-hydrogen) atoms. The first-order valence-electron chi connectivity index (χ1n) is 7.61. The molecule has 7 heteroatoms. The van der Waals surface area contributed by atoms with E-state index in [2.05, 4.69) is 15.2 Å². The molecule has 0 atom stereocenters. The van der Waals surface area contributed by atoms with Gasteiger partial charge in [-0.2, -0.15) is 15.3 Å². The number of aromatic nitrogens is 4. The lowest BCUT2D eigenvalue weighted by Gasteiger charge is -2.04. The molecule has 0 N–H and O–H groups in total. The second kappa shape index (κ2) is 6.09. The van der Waals surface area contributed by atoms with E-state index in [4.69, 9.17) is 14.5 Å². The zero-order valence-corrected chi connectivity index (χ0v) is 13.4. The van der Waals surface area contributed by atoms with Crippen molar-refractivity contribution in [3.05, 3.63) is 48.7 Å². The fourth-order valence-corrected chi connectivity index (χ4v) is 2.61. The van der Waals surface area contributed by atoms with E-state index in [0.717, 1.165) is 16.5 Å². The third-order valence-electron chi connectivity index (χ3n) is 3.84. The number of aryl methyl sites for hydroxylation is 1. The van der Waals surface area contributed by atoms with Crippen molar-refractivity contribution in [1.82, 2.24) is 19.9 Å². The number of benzene rings is 2. The molecular weight excluding hydrogens is 318 g/mol. The molecular formula is C18H13N5O2. The fraction of sp³-hybridized carbons (Fsp3) is 0.111. The van der Waals surface area contributed by atoms with E-state index >= 15 is 0 Å². The van der Waals surface area contributed by atoms with E-state index < -0.39 is 0 Å². The minimum absolute atomic E-state index is 0.0465. The van der Waals surface area contributed by atoms with Crippen molar-refractivity contribution < 1.29 is 9.26 Å². The van der Waals surface area contributed by atoms with E-state index in [1.54, 1.807) is 10.7 Å². The summed E-state index contributed by atoms with van der Waals surface area (Å²) in [6.07, 6.45) is 1.81. The molecule has 4 rings (SSSR count). The molecule has 2 aromatic heterocycles. The molecule has 2 aromatic carbocycles. The lowest BCUT2D eigenvalue weighted by atomic mass is 10.1. The molecule has 0 aliphatic carbocycles. The van der Waals surface area contributed by atoms with Crippen molar-refractivity contribution in [3.8, 4) is 34.7 Å². The number of fused-ring (bicyclic) bond motifs is 1. The first-order chi connectivity index (χ1) is 12.3. The van der Waals surface area contributed by atoms with Crippen molar-refractivity contribution in [2.45, 2.75) is 0 Å². The van der Waals surface area contributed by atoms with Gasteiger partial charge in [0.2, 0.25) is 5.82 Å². The summed E-state index contributed by atoms with van der Waals surface area (Å²) in [4.78, 5) is 4.47. The van der Waals surface area contributed by atoms with Crippen LogP contribution in [0.4, 0.5) is 0 Å². The van der Waals surface area contributed by atoms with Gasteiger partial charge in [-0.25, -0.2) is 0 Å². The van der Waals surface area contributed by atoms with Gasteiger partial charge in [0, 0.05) is 18.0 Å². The fourth-order valence-electron chi connectivity index (χ4n) is 2.61. The van der Waals surface area contributed by atoms with Gasteiger partial charge < -0.3 is 9.26 Å². The summed E-state index contributed by atoms with van der Waals surface area (Å²) in [7, 11) is 1.89. The molecule has 0 fully saturated rings. The quantitative estimate of drug-likeness (QED) is 0.570. The van der Waals surface area contributed by atoms with E-state index in [-0.39, 0.29) is 6.61 Å². The second-order valence-corrected chi connectivity index (χ2v) is 5.41. The van der Waals surface area contributed by atoms with Gasteiger partial charge in [0.05, 0.1) is 17.3 Å². The number of rotatable bonds is 4. The van der Waals surface area contributed by atoms with Crippen LogP contribution in [0.1, 0.15) is 0 Å². The van der Waals surface area contributed by atoms with Crippen LogP contribution >= 0.6 is 0 Å². The Hall–Kier alpha value is -3.66. The highest BCUT2D eigenvalue weighted by Crippen LogP contribution is 2.30. The normalized spacial score (nSPS) is 10.7. The van der Waals surface area contributed by atoms with Crippen LogP contribution in [0.3, 0.4) is 0 Å². The SMILES string of the molecule is Cn1ncc2ccc(-c3noc(-c4ccccc4OCC#N)n3)cc21. The molecule has 4 aromatic rings. The molecule has 0 unspecified atom stereocenters. The monoisotopic (exact) mass is 331 g/mol. The average Bonchev–Trinajstić information content (AvgIpc) is 3.27. The minimum Gasteiger partial charge on any atom is -0.478 e. The molecule has 0 radical (unpaired) electrons. The van der Waals surface area contributed by atoms with Crippen LogP contribution in [0, 0.1) is 11.3 Å². The lowest BCUT2D eigenvalue weighted by molar-refractivity contribution is 0.366. The molecule has 0 spiro atoms. The molecule has 2 heterocycles. The van der Waals surface area contributed by atoms with Gasteiger partial charge in [-0.1, -0.05) is 29.4 Å². The Balaban J connectivity index is 1.72. The third kappa shape index (κ3) is 2.70. The van der Waals surface area contributed by atoms with Crippen LogP contribution in [0.25, 0.3) is 33.7 Å². The minimum atomic E-state index is -0.0465. The van der Waals surface area contributed by atoms with Gasteiger partial charge in [0.15, 0.2) is 6.61 Å². The number of hydrogen-bond acceptors (Lipinski definition) is 6. The van der Waals surface area contributed by atoms with Crippen molar-refractivity contribution >= 4 is 10.9 Å². The predicted octanol–water partition coefficient (Wildman–Crippen LogP) is 3.19. The number of ether oxygens (including phenoxy) is 1. The summed E-state index contributed by atoms with van der Waals surface area (Å²) in [5.74, 6) is 1.35. The maximum Gasteiger partial charge on any atom is 0.262 e. The Morgan fingerprint density at radius 3 is 3.00 bits per heavy atom. The van der Waals surface area contributed by atoms with Crippen molar-refractivity contribution in [1.29, 1.82) is 5.26 Å². The van der Waals surface area contributed by atoms with Gasteiger partial charge in [0.25, 0.3) is 5.89 Å². The molecule has 0 aliphatic heterocycles. The Morgan fingerprint density at radius 2 is 2.12 bits per heavy atom. The van der Waals surface area contributed by atoms with Gasteiger partial charge in [0.1, 0.15) is 11.8 Å². The van der Waals surface area contributed by atoms with Gasteiger partial charge in [-0.3, -0.25) is 4.68 Å². The van der Waals surface area contributed by atoms with Crippen LogP contribution in [-0.4, -0.2) is 26.5 Å². The Morgan fingerprint density at radius 1 is 1.24 bits per heavy atom. The first-order valence-corrected chi connectivity index (χ1v) is 7.61. The van der Waals surface area contributed by atoms with Crippen LogP contribution < -0.4 is 4.74 Å². The second-order valence-electron chi connectivity index (χ2n) is 5.41. The molecule has 0 saturated heterocycles. The lowest BCUT2D eigenvalue weighted by Crippen LogP contribution is -1.95. The molecule has 0 aliphatic rings. The smallest absolute Gasteiger partial charge is 0.262 e. The van der Waals surface area contributed by atoms with Crippen LogP contribution in [0.5, 0.6) is 5.75 Å². The number of nitriles is 1. The number of para-hydroxylation sites is 1. The maximum absolute atomic E-state index is 8.70. The zero-order valence-electron chi connectivity index (χ0n) is 13.4. The van der Waals surface area contributed by atoms with Crippen LogP contribution in [-0.2, 0) is 7.05 Å². The summed E-state index contributed by atoms with van der Waals surface area (Å²) < 4.78 is 12.6. The third-order valence-corrected chi connectivity index (χ3v) is 3.84. The van der Waals surface area contributed by atoms with Gasteiger partial charge in [-0.15, -0.1) is 0 Å². The summed E-state index contributed by atoms with van der Waals surface area (Å²) in [6.45, 7) is -0.0465. The topological polar surface area (TPSA) is 89.8 Å². The van der Waals surface area contributed by atoms with Crippen molar-refractivity contribution in [2.24, 2.45) is 7.05 Å². The molecule has 0 amide bonds. The summed E-state index contributed by atoms with van der Waals surface area (Å²) >= 11 is 0. The van der Waals surface area contributed by atoms with E-state index in [9.17, 15) is 0 Å². The zero-order chi connectivity index (χ0) is 17.2. The number of hydrogen-bond donors (Lipinski definition) is 0. The molecule has 7 nitrogen and oxygen atoms in total. The van der Waals surface area contributed by atoms with E-state index in [1.807, 2.05) is 55.7 Å². The highest BCUT2D eigenvalue weighted by atomic mass is 16.5. The molecule has 122 valence electrons. The Kier molecular flexibility index (Phi) is 3.63. The summed E-state index contributed by atoms with van der Waals surface area (Å²) in [5.41, 5.74) is 2.47. The highest BCUT2D eigenvalue weighted by molar-refractivity contribution is 5.83. The van der Waals surface area contributed by atoms with Crippen molar-refractivity contribution in [3.63, 3.8) is 0 Å². The van der Waals surface area contributed by atoms with Crippen LogP contribution in [0.2, 0.25) is 0 Å². The van der Waals surface area contributed by atoms with Gasteiger partial charge in [-0.05, 0) is 18.2 Å². The summed E-state index contributed by atoms with van der Waals surface area (Å²) in [5, 5.41) is 18.0. The largest absolute Gasteiger partial charge is 0.478 e. The first kappa shape index (κ1) is 14.9. The molecule has 0 bridgehead atoms. The Labute approximate surface area is 143 Å². The van der Waals surface area contributed by atoms with Gasteiger partial charge >= 0.3 is 0 Å². The summed E-state index contributed by atoms with van der Waals surface area (Å²) in [6, 6.07) is 15.1. The molecule has 0 saturated carbocycles. The standard InChI is InChI=1S/C18H13N5O2/c1-23-15-10-12(6-7-13(15)11-20-23)17-21-18(25-22-17)14-4-2-3-5-16(14)24-9-8-19/h2-7,10-11H,9H2,1H3. The average molecular weight is 331 g/mol. The van der Waals surface area contributed by atoms with E-state index in [1.165, 1.54) is 0 Å². The van der Waals surface area contributed by atoms with Crippen molar-refractivity contribution in [2.75, 3.05) is 6.61 Å². The Bertz CT molecular complexity index is 1090. The predicted molar refractivity (Wildman–Crippen MR) is 90.6 cm³/mol. The van der Waals surface area contributed by atoms with E-state index in [0.29, 0.717) is 23.0 Å².